The molecular weight excluding hydrogens is 592 g/mol. The summed E-state index contributed by atoms with van der Waals surface area (Å²) in [6, 6.07) is 11.6. The van der Waals surface area contributed by atoms with E-state index in [2.05, 4.69) is 70.8 Å². The van der Waals surface area contributed by atoms with E-state index in [0.717, 1.165) is 0 Å². The lowest BCUT2D eigenvalue weighted by molar-refractivity contribution is 0.128. The Hall–Kier alpha value is -0.783. The number of hydrogen-bond donors (Lipinski definition) is 0. The van der Waals surface area contributed by atoms with E-state index in [4.69, 9.17) is 16.9 Å². The first kappa shape index (κ1) is 33.1. The van der Waals surface area contributed by atoms with Crippen molar-refractivity contribution >= 4 is 31.6 Å². The molecule has 0 radical (unpaired) electrons. The largest absolute Gasteiger partial charge is 0.240 e. The number of hydrogen-bond acceptors (Lipinski definition) is 2. The Morgan fingerprint density at radius 3 is 1.34 bits per heavy atom. The van der Waals surface area contributed by atoms with E-state index in [1.54, 1.807) is 0 Å². The first-order valence-electron chi connectivity index (χ1n) is 18.6. The van der Waals surface area contributed by atoms with Gasteiger partial charge in [0, 0.05) is 35.9 Å². The first-order valence-corrected chi connectivity index (χ1v) is 24.8. The van der Waals surface area contributed by atoms with E-state index in [9.17, 15) is 0 Å². The van der Waals surface area contributed by atoms with Gasteiger partial charge in [0.25, 0.3) is 0 Å². The number of nitrogens with zero attached hydrogens (tertiary/aromatic N) is 4. The fourth-order valence-electron chi connectivity index (χ4n) is 9.13. The highest BCUT2D eigenvalue weighted by atomic mass is 32.4. The van der Waals surface area contributed by atoms with Crippen molar-refractivity contribution in [3.63, 3.8) is 0 Å². The van der Waals surface area contributed by atoms with Crippen LogP contribution in [-0.2, 0) is 11.8 Å². The molecule has 4 fully saturated rings. The number of aromatic nitrogens is 2. The van der Waals surface area contributed by atoms with Crippen molar-refractivity contribution in [1.82, 2.24) is 18.9 Å². The normalized spacial score (nSPS) is 22.7. The van der Waals surface area contributed by atoms with Crippen molar-refractivity contribution in [3.8, 4) is 11.3 Å². The van der Waals surface area contributed by atoms with Crippen molar-refractivity contribution < 1.29 is 0 Å². The maximum Gasteiger partial charge on any atom is 0.190 e. The van der Waals surface area contributed by atoms with E-state index in [1.165, 1.54) is 150 Å². The van der Waals surface area contributed by atoms with Gasteiger partial charge in [-0.05, 0) is 75.3 Å². The zero-order valence-corrected chi connectivity index (χ0v) is 31.2. The van der Waals surface area contributed by atoms with Gasteiger partial charge in [-0.15, -0.1) is 0 Å². The molecule has 0 aliphatic heterocycles. The second kappa shape index (κ2) is 14.5. The van der Waals surface area contributed by atoms with Crippen LogP contribution in [0.2, 0.25) is 19.6 Å². The zero-order valence-electron chi connectivity index (χ0n) is 28.5. The fourth-order valence-corrected chi connectivity index (χ4v) is 16.3. The van der Waals surface area contributed by atoms with Gasteiger partial charge in [0.2, 0.25) is 0 Å². The topological polar surface area (TPSA) is 24.3 Å². The van der Waals surface area contributed by atoms with Crippen LogP contribution in [0.1, 0.15) is 134 Å². The molecule has 0 unspecified atom stereocenters. The third-order valence-corrected chi connectivity index (χ3v) is 18.4. The van der Waals surface area contributed by atoms with Crippen LogP contribution < -0.4 is 5.19 Å². The summed E-state index contributed by atoms with van der Waals surface area (Å²) in [5.41, 5.74) is 3.81. The fraction of sp³-hybridized carbons (Fsp3) is 0.757. The van der Waals surface area contributed by atoms with Gasteiger partial charge >= 0.3 is 0 Å². The van der Waals surface area contributed by atoms with E-state index < -0.39 is 14.6 Å². The minimum Gasteiger partial charge on any atom is -0.240 e. The zero-order chi connectivity index (χ0) is 30.7. The van der Waals surface area contributed by atoms with E-state index in [0.29, 0.717) is 24.2 Å². The third-order valence-electron chi connectivity index (χ3n) is 11.5. The summed E-state index contributed by atoms with van der Waals surface area (Å²) in [4.78, 5) is 0. The molecule has 1 aromatic carbocycles. The molecule has 0 bridgehead atoms. The lowest BCUT2D eigenvalue weighted by Crippen LogP contribution is -2.53. The smallest absolute Gasteiger partial charge is 0.190 e. The molecule has 1 heterocycles. The van der Waals surface area contributed by atoms with E-state index >= 15 is 0 Å². The van der Waals surface area contributed by atoms with Crippen LogP contribution in [-0.4, -0.2) is 51.1 Å². The standard InChI is InChI=1S/C37H61N4PSSi/c1-30-25-27-31(28-26-30)37-36(44(2,3)4)29-39(38-37)42(43,40(32-17-9-5-10-18-32)33-19-11-6-12-20-33)41(34-21-13-7-14-22-34)35-23-15-8-16-24-35/h25-29,32-35H,5-24H2,1-4H3. The highest BCUT2D eigenvalue weighted by molar-refractivity contribution is 8.11. The SMILES string of the molecule is Cc1ccc(-c2nn(P(=S)(N(C3CCCCC3)C3CCCCC3)N(C3CCCCC3)C3CCCCC3)cc2[Si](C)(C)C)cc1. The lowest BCUT2D eigenvalue weighted by atomic mass is 9.90. The van der Waals surface area contributed by atoms with E-state index in [-0.39, 0.29) is 0 Å². The lowest BCUT2D eigenvalue weighted by Gasteiger charge is -2.55. The van der Waals surface area contributed by atoms with Crippen LogP contribution in [0, 0.1) is 6.92 Å². The summed E-state index contributed by atoms with van der Waals surface area (Å²) < 4.78 is 8.70. The summed E-state index contributed by atoms with van der Waals surface area (Å²) in [7, 11) is -1.71. The van der Waals surface area contributed by atoms with E-state index in [1.807, 2.05) is 0 Å². The molecule has 4 nitrogen and oxygen atoms in total. The second-order valence-electron chi connectivity index (χ2n) is 15.9. The van der Waals surface area contributed by atoms with Crippen molar-refractivity contribution in [3.05, 3.63) is 36.0 Å². The van der Waals surface area contributed by atoms with Crippen molar-refractivity contribution in [2.75, 3.05) is 0 Å². The van der Waals surface area contributed by atoms with Gasteiger partial charge in [-0.25, -0.2) is 13.8 Å². The molecular formula is C37H61N4PSSi. The minimum absolute atomic E-state index is 0.606. The summed E-state index contributed by atoms with van der Waals surface area (Å²) in [5.74, 6) is 0. The van der Waals surface area contributed by atoms with Gasteiger partial charge in [-0.3, -0.25) is 0 Å². The monoisotopic (exact) mass is 652 g/mol. The summed E-state index contributed by atoms with van der Waals surface area (Å²) in [6.07, 6.45) is 29.6. The molecule has 44 heavy (non-hydrogen) atoms. The predicted molar refractivity (Wildman–Crippen MR) is 196 cm³/mol. The summed E-state index contributed by atoms with van der Waals surface area (Å²) >= 11 is 7.58. The van der Waals surface area contributed by atoms with Crippen molar-refractivity contribution in [2.45, 2.75) is 179 Å². The third kappa shape index (κ3) is 7.05. The molecule has 2 aromatic rings. The Bertz CT molecular complexity index is 1170. The predicted octanol–water partition coefficient (Wildman–Crippen LogP) is 10.4. The Kier molecular flexibility index (Phi) is 11.0. The maximum absolute atomic E-state index is 7.58. The highest BCUT2D eigenvalue weighted by Gasteiger charge is 2.49. The molecule has 0 spiro atoms. The molecule has 4 aliphatic rings. The molecule has 0 saturated heterocycles. The molecule has 0 atom stereocenters. The Morgan fingerprint density at radius 2 is 1.00 bits per heavy atom. The van der Waals surface area contributed by atoms with Crippen LogP contribution in [0.15, 0.2) is 30.5 Å². The number of benzene rings is 1. The van der Waals surface area contributed by atoms with Crippen molar-refractivity contribution in [2.24, 2.45) is 0 Å². The molecule has 4 aliphatic carbocycles. The quantitative estimate of drug-likeness (QED) is 0.199. The van der Waals surface area contributed by atoms with Crippen LogP contribution in [0.3, 0.4) is 0 Å². The van der Waals surface area contributed by atoms with Gasteiger partial charge in [-0.2, -0.15) is 5.10 Å². The Balaban J connectivity index is 1.58. The molecule has 0 amide bonds. The van der Waals surface area contributed by atoms with Gasteiger partial charge in [0.1, 0.15) is 0 Å². The molecule has 6 rings (SSSR count). The molecule has 4 saturated carbocycles. The highest BCUT2D eigenvalue weighted by Crippen LogP contribution is 2.63. The first-order chi connectivity index (χ1) is 21.3. The van der Waals surface area contributed by atoms with Gasteiger partial charge < -0.3 is 0 Å². The van der Waals surface area contributed by atoms with Crippen LogP contribution >= 0.6 is 6.49 Å². The Morgan fingerprint density at radius 1 is 0.636 bits per heavy atom. The number of aryl methyl sites for hydroxylation is 1. The minimum atomic E-state index is -2.44. The van der Waals surface area contributed by atoms with Gasteiger partial charge in [-0.1, -0.05) is 127 Å². The van der Waals surface area contributed by atoms with Gasteiger partial charge in [0.15, 0.2) is 6.49 Å². The van der Waals surface area contributed by atoms with Gasteiger partial charge in [0.05, 0.1) is 13.8 Å². The molecule has 244 valence electrons. The summed E-state index contributed by atoms with van der Waals surface area (Å²) in [5, 5.41) is 7.28. The summed E-state index contributed by atoms with van der Waals surface area (Å²) in [6.45, 7) is 7.28. The van der Waals surface area contributed by atoms with Crippen LogP contribution in [0.25, 0.3) is 11.3 Å². The second-order valence-corrected chi connectivity index (χ2v) is 24.7. The average molecular weight is 653 g/mol. The van der Waals surface area contributed by atoms with Crippen LogP contribution in [0.4, 0.5) is 0 Å². The molecule has 7 heteroatoms. The molecule has 1 aromatic heterocycles. The van der Waals surface area contributed by atoms with Crippen molar-refractivity contribution in [1.29, 1.82) is 0 Å². The van der Waals surface area contributed by atoms with Crippen LogP contribution in [0.5, 0.6) is 0 Å². The molecule has 0 N–H and O–H groups in total. The number of rotatable bonds is 9. The Labute approximate surface area is 275 Å². The maximum atomic E-state index is 7.58. The average Bonchev–Trinajstić information content (AvgIpc) is 3.51.